The monoisotopic (exact) mass is 229 g/mol. The first-order valence-electron chi connectivity index (χ1n) is 5.45. The Hall–Kier alpha value is -0.650. The highest BCUT2D eigenvalue weighted by atomic mass is 16.5. The fourth-order valence-corrected chi connectivity index (χ4v) is 2.80. The van der Waals surface area contributed by atoms with Gasteiger partial charge in [-0.3, -0.25) is 4.79 Å². The SMILES string of the molecule is COC(=O)[C@@H]1[C@@H](N)CC(C)(C)N([O])C1(C)C. The van der Waals surface area contributed by atoms with Crippen LogP contribution in [0.4, 0.5) is 0 Å². The first-order chi connectivity index (χ1) is 7.14. The number of nitrogens with zero attached hydrogens (tertiary/aromatic N) is 1. The Morgan fingerprint density at radius 1 is 1.38 bits per heavy atom. The van der Waals surface area contributed by atoms with E-state index in [2.05, 4.69) is 0 Å². The molecule has 0 amide bonds. The molecule has 0 aromatic heterocycles. The van der Waals surface area contributed by atoms with E-state index in [0.717, 1.165) is 5.06 Å². The lowest BCUT2D eigenvalue weighted by Gasteiger charge is -2.52. The standard InChI is InChI=1S/C11H21N2O3/c1-10(2)6-7(12)8(9(14)16-5)11(3,4)13(10)15/h7-8H,6,12H2,1-5H3/t7-,8-/m0/s1. The van der Waals surface area contributed by atoms with E-state index in [1.54, 1.807) is 13.8 Å². The molecule has 5 nitrogen and oxygen atoms in total. The molecule has 0 bridgehead atoms. The smallest absolute Gasteiger partial charge is 0.312 e. The topological polar surface area (TPSA) is 75.5 Å². The largest absolute Gasteiger partial charge is 0.469 e. The Morgan fingerprint density at radius 2 is 1.88 bits per heavy atom. The summed E-state index contributed by atoms with van der Waals surface area (Å²) in [5, 5.41) is 13.2. The van der Waals surface area contributed by atoms with E-state index in [4.69, 9.17) is 10.5 Å². The van der Waals surface area contributed by atoms with Crippen LogP contribution in [0.3, 0.4) is 0 Å². The highest BCUT2D eigenvalue weighted by Crippen LogP contribution is 2.40. The summed E-state index contributed by atoms with van der Waals surface area (Å²) in [6.07, 6.45) is 0.486. The number of methoxy groups -OCH3 is 1. The van der Waals surface area contributed by atoms with Crippen molar-refractivity contribution in [1.82, 2.24) is 5.06 Å². The second-order valence-corrected chi connectivity index (χ2v) is 5.63. The van der Waals surface area contributed by atoms with Crippen molar-refractivity contribution in [3.63, 3.8) is 0 Å². The zero-order valence-corrected chi connectivity index (χ0v) is 10.6. The number of hydroxylamine groups is 2. The van der Waals surface area contributed by atoms with Gasteiger partial charge in [0.05, 0.1) is 18.6 Å². The van der Waals surface area contributed by atoms with E-state index < -0.39 is 23.0 Å². The number of carbonyl (C=O) groups is 1. The average molecular weight is 229 g/mol. The maximum absolute atomic E-state index is 12.2. The van der Waals surface area contributed by atoms with E-state index >= 15 is 0 Å². The van der Waals surface area contributed by atoms with E-state index in [9.17, 15) is 10.0 Å². The predicted molar refractivity (Wildman–Crippen MR) is 58.8 cm³/mol. The van der Waals surface area contributed by atoms with Crippen LogP contribution < -0.4 is 5.73 Å². The molecule has 2 N–H and O–H groups in total. The van der Waals surface area contributed by atoms with Crippen LogP contribution in [-0.4, -0.2) is 35.3 Å². The van der Waals surface area contributed by atoms with Crippen molar-refractivity contribution in [3.05, 3.63) is 0 Å². The van der Waals surface area contributed by atoms with Crippen molar-refractivity contribution >= 4 is 5.97 Å². The van der Waals surface area contributed by atoms with Gasteiger partial charge in [-0.05, 0) is 34.1 Å². The molecule has 0 unspecified atom stereocenters. The number of esters is 1. The first-order valence-corrected chi connectivity index (χ1v) is 5.45. The number of ether oxygens (including phenoxy) is 1. The molecule has 1 radical (unpaired) electrons. The molecule has 1 fully saturated rings. The summed E-state index contributed by atoms with van der Waals surface area (Å²) in [4.78, 5) is 11.7. The Kier molecular flexibility index (Phi) is 3.34. The third-order valence-corrected chi connectivity index (χ3v) is 3.45. The molecule has 1 saturated heterocycles. The molecule has 0 aliphatic carbocycles. The van der Waals surface area contributed by atoms with Gasteiger partial charge in [0.15, 0.2) is 0 Å². The Balaban J connectivity index is 3.08. The molecule has 16 heavy (non-hydrogen) atoms. The molecule has 5 heteroatoms. The van der Waals surface area contributed by atoms with Gasteiger partial charge in [0, 0.05) is 11.6 Å². The number of hydrogen-bond donors (Lipinski definition) is 1. The summed E-state index contributed by atoms with van der Waals surface area (Å²) in [7, 11) is 1.32. The zero-order valence-electron chi connectivity index (χ0n) is 10.6. The normalized spacial score (nSPS) is 33.4. The summed E-state index contributed by atoms with van der Waals surface area (Å²) < 4.78 is 4.73. The van der Waals surface area contributed by atoms with E-state index in [0.29, 0.717) is 6.42 Å². The molecular weight excluding hydrogens is 208 g/mol. The maximum Gasteiger partial charge on any atom is 0.312 e. The first kappa shape index (κ1) is 13.4. The minimum atomic E-state index is -0.839. The lowest BCUT2D eigenvalue weighted by molar-refractivity contribution is -0.302. The third kappa shape index (κ3) is 1.95. The van der Waals surface area contributed by atoms with Crippen LogP contribution in [0.5, 0.6) is 0 Å². The molecule has 1 heterocycles. The molecule has 0 aromatic rings. The summed E-state index contributed by atoms with van der Waals surface area (Å²) in [6, 6.07) is -0.345. The lowest BCUT2D eigenvalue weighted by atomic mass is 9.71. The van der Waals surface area contributed by atoms with Crippen molar-refractivity contribution in [2.24, 2.45) is 11.7 Å². The molecule has 0 aromatic carbocycles. The minimum Gasteiger partial charge on any atom is -0.469 e. The van der Waals surface area contributed by atoms with Gasteiger partial charge in [-0.25, -0.2) is 0 Å². The molecule has 0 saturated carbocycles. The van der Waals surface area contributed by atoms with Gasteiger partial charge in [-0.2, -0.15) is 0 Å². The van der Waals surface area contributed by atoms with Gasteiger partial charge >= 0.3 is 5.97 Å². The van der Waals surface area contributed by atoms with Crippen LogP contribution in [0, 0.1) is 5.92 Å². The van der Waals surface area contributed by atoms with Gasteiger partial charge < -0.3 is 10.5 Å². The van der Waals surface area contributed by atoms with Gasteiger partial charge in [-0.15, -0.1) is 10.3 Å². The predicted octanol–water partition coefficient (Wildman–Crippen LogP) is 0.711. The average Bonchev–Trinajstić information content (AvgIpc) is 2.13. The maximum atomic E-state index is 12.2. The van der Waals surface area contributed by atoms with E-state index in [1.165, 1.54) is 7.11 Å². The van der Waals surface area contributed by atoms with Crippen LogP contribution in [0.25, 0.3) is 0 Å². The molecule has 1 aliphatic rings. The van der Waals surface area contributed by atoms with Gasteiger partial charge in [0.2, 0.25) is 0 Å². The lowest BCUT2D eigenvalue weighted by Crippen LogP contribution is -2.68. The van der Waals surface area contributed by atoms with Crippen LogP contribution in [-0.2, 0) is 14.7 Å². The Morgan fingerprint density at radius 3 is 2.31 bits per heavy atom. The molecule has 93 valence electrons. The van der Waals surface area contributed by atoms with Crippen molar-refractivity contribution in [2.75, 3.05) is 7.11 Å². The molecule has 0 spiro atoms. The summed E-state index contributed by atoms with van der Waals surface area (Å²) >= 11 is 0. The highest BCUT2D eigenvalue weighted by Gasteiger charge is 2.54. The second kappa shape index (κ2) is 3.98. The third-order valence-electron chi connectivity index (χ3n) is 3.45. The van der Waals surface area contributed by atoms with Gasteiger partial charge in [-0.1, -0.05) is 0 Å². The fourth-order valence-electron chi connectivity index (χ4n) is 2.80. The molecule has 2 atom stereocenters. The summed E-state index contributed by atoms with van der Waals surface area (Å²) in [6.45, 7) is 7.16. The van der Waals surface area contributed by atoms with Crippen molar-refractivity contribution in [1.29, 1.82) is 0 Å². The quantitative estimate of drug-likeness (QED) is 0.672. The number of carbonyl (C=O) groups excluding carboxylic acids is 1. The molecule has 1 rings (SSSR count). The molecular formula is C11H21N2O3. The number of hydrogen-bond acceptors (Lipinski definition) is 4. The van der Waals surface area contributed by atoms with Crippen molar-refractivity contribution in [2.45, 2.75) is 51.2 Å². The minimum absolute atomic E-state index is 0.345. The Labute approximate surface area is 96.5 Å². The fraction of sp³-hybridized carbons (Fsp3) is 0.909. The van der Waals surface area contributed by atoms with Crippen molar-refractivity contribution < 1.29 is 14.7 Å². The van der Waals surface area contributed by atoms with Gasteiger partial charge in [0.1, 0.15) is 0 Å². The molecule has 1 aliphatic heterocycles. The zero-order chi connectivity index (χ0) is 12.7. The summed E-state index contributed by atoms with van der Waals surface area (Å²) in [5.74, 6) is -0.989. The van der Waals surface area contributed by atoms with Crippen LogP contribution >= 0.6 is 0 Å². The van der Waals surface area contributed by atoms with E-state index in [-0.39, 0.29) is 6.04 Å². The van der Waals surface area contributed by atoms with E-state index in [1.807, 2.05) is 13.8 Å². The van der Waals surface area contributed by atoms with Crippen LogP contribution in [0.2, 0.25) is 0 Å². The number of piperidine rings is 1. The summed E-state index contributed by atoms with van der Waals surface area (Å²) in [5.41, 5.74) is 4.62. The number of rotatable bonds is 1. The van der Waals surface area contributed by atoms with Crippen LogP contribution in [0.1, 0.15) is 34.1 Å². The number of nitrogens with two attached hydrogens (primary N) is 1. The van der Waals surface area contributed by atoms with Crippen LogP contribution in [0.15, 0.2) is 0 Å². The second-order valence-electron chi connectivity index (χ2n) is 5.63. The highest BCUT2D eigenvalue weighted by molar-refractivity contribution is 5.75. The van der Waals surface area contributed by atoms with Gasteiger partial charge in [0.25, 0.3) is 0 Å². The van der Waals surface area contributed by atoms with Crippen molar-refractivity contribution in [3.8, 4) is 0 Å². The Bertz CT molecular complexity index is 289.